The molecule has 0 amide bonds. The molecule has 4 heteroatoms. The van der Waals surface area contributed by atoms with Crippen molar-refractivity contribution in [3.05, 3.63) is 220 Å². The summed E-state index contributed by atoms with van der Waals surface area (Å²) < 4.78 is 1.01. The SMILES string of the molecule is CCC1=Cc2c(ccc(C)c2-c2ccccc2-c2ccccc2)[CH]1[Zr]([Cl])([Cl])([c]1cccc2c1[SiH2]c1ccccc1-2)[CH]1C(CC)=Cc2c1ccc(C)c2-c1ccccc1-c1ccccc1. The van der Waals surface area contributed by atoms with Crippen molar-refractivity contribution < 1.29 is 16.4 Å². The molecule has 0 saturated heterocycles. The summed E-state index contributed by atoms with van der Waals surface area (Å²) in [6.45, 7) is 9.18. The molecule has 0 fully saturated rings. The van der Waals surface area contributed by atoms with Gasteiger partial charge in [-0.05, 0) is 0 Å². The summed E-state index contributed by atoms with van der Waals surface area (Å²) >= 11 is -5.70. The summed E-state index contributed by atoms with van der Waals surface area (Å²) in [5, 5.41) is 2.94. The fraction of sp³-hybridized carbons (Fsp3) is 0.133. The molecule has 11 rings (SSSR count). The van der Waals surface area contributed by atoms with Gasteiger partial charge >= 0.3 is 393 Å². The topological polar surface area (TPSA) is 0 Å². The van der Waals surface area contributed by atoms with Gasteiger partial charge in [0.15, 0.2) is 0 Å². The first-order valence-electron chi connectivity index (χ1n) is 23.0. The van der Waals surface area contributed by atoms with Gasteiger partial charge in [0.05, 0.1) is 0 Å². The molecule has 1 heterocycles. The fourth-order valence-electron chi connectivity index (χ4n) is 12.0. The number of allylic oxidation sites excluding steroid dienone is 2. The first kappa shape index (κ1) is 41.6. The van der Waals surface area contributed by atoms with Gasteiger partial charge in [0, 0.05) is 0 Å². The number of aryl methyl sites for hydroxylation is 2. The number of hydrogen-bond donors (Lipinski definition) is 0. The molecule has 1 aliphatic heterocycles. The average molecular weight is 962 g/mol. The van der Waals surface area contributed by atoms with E-state index in [2.05, 4.69) is 216 Å². The molecule has 0 saturated carbocycles. The summed E-state index contributed by atoms with van der Waals surface area (Å²) in [6.07, 6.45) is 6.75. The summed E-state index contributed by atoms with van der Waals surface area (Å²) in [4.78, 5) is 0. The molecule has 0 spiro atoms. The van der Waals surface area contributed by atoms with Crippen LogP contribution in [0.5, 0.6) is 0 Å². The second-order valence-electron chi connectivity index (χ2n) is 18.2. The van der Waals surface area contributed by atoms with Crippen LogP contribution in [0.4, 0.5) is 0 Å². The third kappa shape index (κ3) is 6.31. The number of fused-ring (bicyclic) bond motifs is 5. The monoisotopic (exact) mass is 959 g/mol. The van der Waals surface area contributed by atoms with Crippen molar-refractivity contribution in [2.24, 2.45) is 0 Å². The third-order valence-electron chi connectivity index (χ3n) is 14.8. The Morgan fingerprint density at radius 1 is 0.438 bits per heavy atom. The Bertz CT molecular complexity index is 3070. The van der Waals surface area contributed by atoms with Crippen LogP contribution in [0, 0.1) is 13.8 Å². The van der Waals surface area contributed by atoms with Gasteiger partial charge in [0.25, 0.3) is 0 Å². The van der Waals surface area contributed by atoms with Gasteiger partial charge in [-0.3, -0.25) is 0 Å². The Balaban J connectivity index is 1.20. The Morgan fingerprint density at radius 2 is 0.859 bits per heavy atom. The fourth-order valence-corrected chi connectivity index (χ4v) is 40.3. The molecule has 64 heavy (non-hydrogen) atoms. The maximum absolute atomic E-state index is 9.41. The standard InChI is InChI=1S/2C24H21.C12H9Si.2ClH.Zr/c2*1-3-18-15-20-14-13-17(2)24(23(20)16-18)22-12-8-7-11-21(22)19-9-5-4-6-10-19;1-3-7-11-9(5-1)10-6-2-4-8-12(10)13-11;;;/h2*4-16H,3H2,1-2H3;1-7H,13H2;2*1H;/q;;;;;+2/p-2. The zero-order valence-corrected chi connectivity index (χ0v) is 42.3. The first-order chi connectivity index (χ1) is 31.2. The molecule has 0 nitrogen and oxygen atoms in total. The van der Waals surface area contributed by atoms with Gasteiger partial charge in [-0.15, -0.1) is 0 Å². The van der Waals surface area contributed by atoms with E-state index < -0.39 is 25.9 Å². The number of rotatable bonds is 9. The summed E-state index contributed by atoms with van der Waals surface area (Å²) in [7, 11) is 17.9. The van der Waals surface area contributed by atoms with Crippen LogP contribution >= 0.6 is 17.0 Å². The van der Waals surface area contributed by atoms with Gasteiger partial charge in [-0.2, -0.15) is 0 Å². The Kier molecular flexibility index (Phi) is 10.5. The first-order valence-corrected chi connectivity index (χ1v) is 34.8. The molecular formula is C60H51Cl2SiZr. The molecule has 8 aromatic rings. The quantitative estimate of drug-likeness (QED) is 0.126. The number of halogens is 2. The van der Waals surface area contributed by atoms with Gasteiger partial charge in [0.2, 0.25) is 0 Å². The van der Waals surface area contributed by atoms with Gasteiger partial charge < -0.3 is 0 Å². The van der Waals surface area contributed by atoms with Crippen molar-refractivity contribution >= 4 is 52.3 Å². The van der Waals surface area contributed by atoms with Crippen molar-refractivity contribution in [3.63, 3.8) is 0 Å². The minimum absolute atomic E-state index is 0.135. The second kappa shape index (κ2) is 16.1. The number of hydrogen-bond acceptors (Lipinski definition) is 0. The summed E-state index contributed by atoms with van der Waals surface area (Å²) in [5.41, 5.74) is 23.0. The van der Waals surface area contributed by atoms with Crippen molar-refractivity contribution in [2.45, 2.75) is 47.8 Å². The molecule has 8 aromatic carbocycles. The Hall–Kier alpha value is -5.08. The molecule has 0 radical (unpaired) electrons. The molecule has 0 aromatic heterocycles. The van der Waals surface area contributed by atoms with Crippen LogP contribution < -0.4 is 13.6 Å². The maximum atomic E-state index is 9.41. The van der Waals surface area contributed by atoms with E-state index in [0.29, 0.717) is 0 Å². The van der Waals surface area contributed by atoms with E-state index in [-0.39, 0.29) is 7.25 Å². The van der Waals surface area contributed by atoms with Gasteiger partial charge in [-0.25, -0.2) is 0 Å². The summed E-state index contributed by atoms with van der Waals surface area (Å²) in [6, 6.07) is 65.0. The molecule has 0 N–H and O–H groups in total. The molecule has 0 bridgehead atoms. The second-order valence-corrected chi connectivity index (χ2v) is 40.6. The van der Waals surface area contributed by atoms with E-state index in [1.807, 2.05) is 0 Å². The number of benzene rings is 8. The van der Waals surface area contributed by atoms with Gasteiger partial charge in [-0.1, -0.05) is 0 Å². The van der Waals surface area contributed by atoms with Crippen LogP contribution in [0.2, 0.25) is 0 Å². The molecule has 313 valence electrons. The molecule has 2 unspecified atom stereocenters. The van der Waals surface area contributed by atoms with Crippen LogP contribution in [0.1, 0.15) is 67.3 Å². The van der Waals surface area contributed by atoms with Crippen molar-refractivity contribution in [1.29, 1.82) is 0 Å². The molecule has 3 aliphatic rings. The van der Waals surface area contributed by atoms with E-state index in [0.717, 1.165) is 12.8 Å². The van der Waals surface area contributed by atoms with Crippen molar-refractivity contribution in [1.82, 2.24) is 0 Å². The zero-order chi connectivity index (χ0) is 43.8. The molecular weight excluding hydrogens is 911 g/mol. The van der Waals surface area contributed by atoms with Crippen LogP contribution in [0.15, 0.2) is 187 Å². The Labute approximate surface area is 389 Å². The predicted octanol–water partition coefficient (Wildman–Crippen LogP) is 14.8. The van der Waals surface area contributed by atoms with E-state index in [1.165, 1.54) is 114 Å². The third-order valence-corrected chi connectivity index (χ3v) is 37.6. The summed E-state index contributed by atoms with van der Waals surface area (Å²) in [5.74, 6) is 0. The molecule has 2 aliphatic carbocycles. The normalized spacial score (nSPS) is 16.9. The van der Waals surface area contributed by atoms with E-state index >= 15 is 0 Å². The van der Waals surface area contributed by atoms with Crippen molar-refractivity contribution in [3.8, 4) is 55.6 Å². The van der Waals surface area contributed by atoms with E-state index in [4.69, 9.17) is 0 Å². The predicted molar refractivity (Wildman–Crippen MR) is 277 cm³/mol. The van der Waals surface area contributed by atoms with Gasteiger partial charge in [0.1, 0.15) is 0 Å². The molecule has 2 atom stereocenters. The minimum atomic E-state index is -5.70. The van der Waals surface area contributed by atoms with Crippen LogP contribution in [0.25, 0.3) is 67.8 Å². The van der Waals surface area contributed by atoms with Crippen LogP contribution in [-0.2, 0) is 16.4 Å². The Morgan fingerprint density at radius 3 is 1.34 bits per heavy atom. The van der Waals surface area contributed by atoms with E-state index in [1.54, 1.807) is 0 Å². The van der Waals surface area contributed by atoms with Crippen LogP contribution in [-0.4, -0.2) is 9.52 Å². The van der Waals surface area contributed by atoms with Crippen LogP contribution in [0.3, 0.4) is 0 Å². The van der Waals surface area contributed by atoms with Crippen molar-refractivity contribution in [2.75, 3.05) is 0 Å². The zero-order valence-electron chi connectivity index (χ0n) is 36.9. The average Bonchev–Trinajstić information content (AvgIpc) is 4.04. The van der Waals surface area contributed by atoms with E-state index in [9.17, 15) is 17.0 Å².